The highest BCUT2D eigenvalue weighted by molar-refractivity contribution is 6.43. The standard InChI is InChI=1S/C21H18F2N4O3/c1-24-20(28)18-9-15(6-7-25-18)29-14-4-5-17-19(10-14)30-21(27-17)26-11-12-2-3-13(22)8-16(12)23/h2-5,8-10H,6-7,11H2,1H3,(H,24,28)(H,26,27). The van der Waals surface area contributed by atoms with Gasteiger partial charge in [-0.15, -0.1) is 0 Å². The number of aromatic nitrogens is 1. The van der Waals surface area contributed by atoms with E-state index in [0.29, 0.717) is 46.8 Å². The van der Waals surface area contributed by atoms with E-state index >= 15 is 0 Å². The molecular formula is C21H18F2N4O3. The van der Waals surface area contributed by atoms with Gasteiger partial charge in [0.15, 0.2) is 5.58 Å². The summed E-state index contributed by atoms with van der Waals surface area (Å²) in [6, 6.07) is 8.73. The van der Waals surface area contributed by atoms with Gasteiger partial charge in [-0.05, 0) is 18.2 Å². The minimum atomic E-state index is -0.644. The Bertz CT molecular complexity index is 1170. The lowest BCUT2D eigenvalue weighted by Gasteiger charge is -2.13. The molecule has 1 aromatic heterocycles. The quantitative estimate of drug-likeness (QED) is 0.646. The smallest absolute Gasteiger partial charge is 0.295 e. The topological polar surface area (TPSA) is 88.8 Å². The summed E-state index contributed by atoms with van der Waals surface area (Å²) in [5.41, 5.74) is 1.68. The highest BCUT2D eigenvalue weighted by Gasteiger charge is 2.15. The van der Waals surface area contributed by atoms with Gasteiger partial charge in [0, 0.05) is 50.3 Å². The number of fused-ring (bicyclic) bond motifs is 1. The molecule has 0 bridgehead atoms. The summed E-state index contributed by atoms with van der Waals surface area (Å²) in [6.07, 6.45) is 2.18. The van der Waals surface area contributed by atoms with Crippen molar-refractivity contribution in [2.45, 2.75) is 13.0 Å². The summed E-state index contributed by atoms with van der Waals surface area (Å²) in [7, 11) is 1.54. The van der Waals surface area contributed by atoms with Crippen LogP contribution in [-0.2, 0) is 11.3 Å². The number of oxazole rings is 1. The van der Waals surface area contributed by atoms with Gasteiger partial charge in [-0.1, -0.05) is 6.07 Å². The minimum Gasteiger partial charge on any atom is -0.461 e. The van der Waals surface area contributed by atoms with E-state index in [0.717, 1.165) is 6.07 Å². The molecule has 4 rings (SSSR count). The van der Waals surface area contributed by atoms with E-state index in [-0.39, 0.29) is 18.5 Å². The second kappa shape index (κ2) is 8.32. The molecule has 0 unspecified atom stereocenters. The van der Waals surface area contributed by atoms with Crippen LogP contribution < -0.4 is 15.4 Å². The summed E-state index contributed by atoms with van der Waals surface area (Å²) in [5.74, 6) is -0.399. The van der Waals surface area contributed by atoms with Gasteiger partial charge in [0.05, 0.1) is 0 Å². The molecular weight excluding hydrogens is 394 g/mol. The Morgan fingerprint density at radius 3 is 2.90 bits per heavy atom. The zero-order valence-electron chi connectivity index (χ0n) is 16.0. The number of hydrogen-bond donors (Lipinski definition) is 2. The second-order valence-corrected chi connectivity index (χ2v) is 6.55. The first kappa shape index (κ1) is 19.6. The summed E-state index contributed by atoms with van der Waals surface area (Å²) in [4.78, 5) is 20.2. The lowest BCUT2D eigenvalue weighted by atomic mass is 10.2. The minimum absolute atomic E-state index is 0.0940. The van der Waals surface area contributed by atoms with E-state index in [2.05, 4.69) is 20.6 Å². The first-order chi connectivity index (χ1) is 14.5. The van der Waals surface area contributed by atoms with Crippen LogP contribution >= 0.6 is 0 Å². The van der Waals surface area contributed by atoms with Crippen LogP contribution in [-0.4, -0.2) is 30.2 Å². The number of carbonyl (C=O) groups is 1. The molecule has 3 aromatic rings. The van der Waals surface area contributed by atoms with Gasteiger partial charge >= 0.3 is 0 Å². The van der Waals surface area contributed by atoms with Crippen LogP contribution in [0, 0.1) is 11.6 Å². The van der Waals surface area contributed by atoms with Crippen LogP contribution in [0.4, 0.5) is 14.8 Å². The van der Waals surface area contributed by atoms with Crippen molar-refractivity contribution in [3.63, 3.8) is 0 Å². The summed E-state index contributed by atoms with van der Waals surface area (Å²) >= 11 is 0. The molecule has 0 radical (unpaired) electrons. The van der Waals surface area contributed by atoms with E-state index in [1.165, 1.54) is 12.1 Å². The van der Waals surface area contributed by atoms with Gasteiger partial charge in [0.25, 0.3) is 11.9 Å². The van der Waals surface area contributed by atoms with Crippen molar-refractivity contribution in [1.82, 2.24) is 10.3 Å². The number of halogens is 2. The SMILES string of the molecule is CNC(=O)C1=NCCC(Oc2ccc3nc(NCc4ccc(F)cc4F)oc3c2)=C1. The Labute approximate surface area is 170 Å². The third-order valence-corrected chi connectivity index (χ3v) is 4.45. The van der Waals surface area contributed by atoms with E-state index < -0.39 is 11.6 Å². The van der Waals surface area contributed by atoms with Crippen LogP contribution in [0.25, 0.3) is 11.1 Å². The number of ether oxygens (including phenoxy) is 1. The molecule has 9 heteroatoms. The molecule has 30 heavy (non-hydrogen) atoms. The fraction of sp³-hybridized carbons (Fsp3) is 0.190. The Kier molecular flexibility index (Phi) is 5.42. The van der Waals surface area contributed by atoms with Crippen LogP contribution in [0.3, 0.4) is 0 Å². The molecule has 0 saturated heterocycles. The summed E-state index contributed by atoms with van der Waals surface area (Å²) < 4.78 is 38.3. The zero-order chi connectivity index (χ0) is 21.1. The van der Waals surface area contributed by atoms with Crippen LogP contribution in [0.5, 0.6) is 5.75 Å². The van der Waals surface area contributed by atoms with Crippen molar-refractivity contribution in [3.8, 4) is 5.75 Å². The van der Waals surface area contributed by atoms with Gasteiger partial charge in [-0.25, -0.2) is 8.78 Å². The van der Waals surface area contributed by atoms with Crippen LogP contribution in [0.15, 0.2) is 57.6 Å². The number of dihydropyridines is 1. The number of rotatable bonds is 6. The van der Waals surface area contributed by atoms with E-state index in [9.17, 15) is 13.6 Å². The van der Waals surface area contributed by atoms with Gasteiger partial charge < -0.3 is 19.8 Å². The monoisotopic (exact) mass is 412 g/mol. The maximum absolute atomic E-state index is 13.7. The number of carbonyl (C=O) groups excluding carboxylic acids is 1. The van der Waals surface area contributed by atoms with Crippen LogP contribution in [0.1, 0.15) is 12.0 Å². The molecule has 2 heterocycles. The lowest BCUT2D eigenvalue weighted by molar-refractivity contribution is -0.114. The molecule has 154 valence electrons. The predicted molar refractivity (Wildman–Crippen MR) is 107 cm³/mol. The van der Waals surface area contributed by atoms with E-state index in [4.69, 9.17) is 9.15 Å². The molecule has 0 atom stereocenters. The van der Waals surface area contributed by atoms with Gasteiger partial charge in [0.1, 0.15) is 34.4 Å². The predicted octanol–water partition coefficient (Wildman–Crippen LogP) is 3.57. The van der Waals surface area contributed by atoms with E-state index in [1.807, 2.05) is 0 Å². The molecule has 0 aliphatic carbocycles. The Balaban J connectivity index is 1.47. The molecule has 2 N–H and O–H groups in total. The third-order valence-electron chi connectivity index (χ3n) is 4.45. The average molecular weight is 412 g/mol. The fourth-order valence-electron chi connectivity index (χ4n) is 2.93. The first-order valence-electron chi connectivity index (χ1n) is 9.25. The number of aliphatic imine (C=N–C) groups is 1. The molecule has 1 aliphatic heterocycles. The fourth-order valence-corrected chi connectivity index (χ4v) is 2.93. The highest BCUT2D eigenvalue weighted by Crippen LogP contribution is 2.26. The van der Waals surface area contributed by atoms with Crippen molar-refractivity contribution in [1.29, 1.82) is 0 Å². The zero-order valence-corrected chi connectivity index (χ0v) is 16.0. The average Bonchev–Trinajstić information content (AvgIpc) is 3.15. The van der Waals surface area contributed by atoms with Crippen molar-refractivity contribution >= 4 is 28.7 Å². The number of amides is 1. The van der Waals surface area contributed by atoms with Crippen molar-refractivity contribution < 1.29 is 22.7 Å². The normalized spacial score (nSPS) is 13.6. The Morgan fingerprint density at radius 2 is 2.10 bits per heavy atom. The number of hydrogen-bond acceptors (Lipinski definition) is 6. The lowest BCUT2D eigenvalue weighted by Crippen LogP contribution is -2.28. The number of anilines is 1. The first-order valence-corrected chi connectivity index (χ1v) is 9.25. The van der Waals surface area contributed by atoms with Crippen LogP contribution in [0.2, 0.25) is 0 Å². The molecule has 1 amide bonds. The molecule has 0 saturated carbocycles. The Morgan fingerprint density at radius 1 is 1.23 bits per heavy atom. The summed E-state index contributed by atoms with van der Waals surface area (Å²) in [6.45, 7) is 0.559. The highest BCUT2D eigenvalue weighted by atomic mass is 19.1. The van der Waals surface area contributed by atoms with Crippen molar-refractivity contribution in [2.75, 3.05) is 18.9 Å². The molecule has 2 aromatic carbocycles. The van der Waals surface area contributed by atoms with Gasteiger partial charge in [-0.2, -0.15) is 4.98 Å². The third kappa shape index (κ3) is 4.29. The largest absolute Gasteiger partial charge is 0.461 e. The molecule has 7 nitrogen and oxygen atoms in total. The van der Waals surface area contributed by atoms with Gasteiger partial charge in [-0.3, -0.25) is 9.79 Å². The second-order valence-electron chi connectivity index (χ2n) is 6.55. The van der Waals surface area contributed by atoms with Crippen molar-refractivity contribution in [2.24, 2.45) is 4.99 Å². The molecule has 0 spiro atoms. The maximum Gasteiger partial charge on any atom is 0.295 e. The Hall–Kier alpha value is -3.75. The molecule has 1 aliphatic rings. The van der Waals surface area contributed by atoms with Crippen molar-refractivity contribution in [3.05, 3.63) is 65.4 Å². The van der Waals surface area contributed by atoms with E-state index in [1.54, 1.807) is 31.3 Å². The number of nitrogens with one attached hydrogen (secondary N) is 2. The number of benzene rings is 2. The molecule has 0 fully saturated rings. The maximum atomic E-state index is 13.7. The number of nitrogens with zero attached hydrogens (tertiary/aromatic N) is 2. The summed E-state index contributed by atoms with van der Waals surface area (Å²) in [5, 5.41) is 5.42. The van der Waals surface area contributed by atoms with Gasteiger partial charge in [0.2, 0.25) is 0 Å².